The van der Waals surface area contributed by atoms with E-state index in [1.165, 1.54) is 64.7 Å². The summed E-state index contributed by atoms with van der Waals surface area (Å²) in [6, 6.07) is 7.14. The van der Waals surface area contributed by atoms with Crippen LogP contribution < -0.4 is 14.2 Å². The molecule has 0 saturated carbocycles. The third-order valence-corrected chi connectivity index (χ3v) is 7.91. The highest BCUT2D eigenvalue weighted by atomic mass is 16.5. The van der Waals surface area contributed by atoms with Crippen LogP contribution in [0.15, 0.2) is 35.9 Å². The van der Waals surface area contributed by atoms with Crippen molar-refractivity contribution in [1.82, 2.24) is 0 Å². The molecule has 216 valence electrons. The number of rotatable bonds is 4. The maximum atomic E-state index is 13.8. The number of ketones is 4. The number of allylic oxidation sites excluding steroid dienone is 1. The second-order valence-corrected chi connectivity index (χ2v) is 10.3. The van der Waals surface area contributed by atoms with Gasteiger partial charge in [-0.2, -0.15) is 0 Å². The molecule has 0 unspecified atom stereocenters. The van der Waals surface area contributed by atoms with Crippen LogP contribution in [0.1, 0.15) is 60.3 Å². The van der Waals surface area contributed by atoms with Gasteiger partial charge < -0.3 is 29.5 Å². The van der Waals surface area contributed by atoms with Gasteiger partial charge in [0.25, 0.3) is 0 Å². The van der Waals surface area contributed by atoms with Gasteiger partial charge in [0.1, 0.15) is 34.5 Å². The predicted octanol–water partition coefficient (Wildman–Crippen LogP) is 4.90. The molecule has 0 saturated heterocycles. The Kier molecular flexibility index (Phi) is 6.05. The average Bonchev–Trinajstić information content (AvgIpc) is 2.97. The number of fused-ring (bicyclic) bond motifs is 4. The molecule has 0 radical (unpaired) electrons. The number of ether oxygens (including phenoxy) is 3. The molecule has 0 atom stereocenters. The van der Waals surface area contributed by atoms with Gasteiger partial charge in [-0.05, 0) is 55.3 Å². The summed E-state index contributed by atoms with van der Waals surface area (Å²) in [4.78, 5) is 53.5. The van der Waals surface area contributed by atoms with E-state index >= 15 is 0 Å². The topological polar surface area (TPSA) is 157 Å². The minimum absolute atomic E-state index is 0.0196. The summed E-state index contributed by atoms with van der Waals surface area (Å²) in [6.45, 7) is 3.10. The number of benzene rings is 4. The van der Waals surface area contributed by atoms with E-state index in [1.807, 2.05) is 0 Å². The first-order valence-corrected chi connectivity index (χ1v) is 13.0. The Morgan fingerprint density at radius 2 is 1.26 bits per heavy atom. The monoisotopic (exact) mass is 580 g/mol. The molecule has 0 heterocycles. The van der Waals surface area contributed by atoms with Crippen LogP contribution in [-0.2, 0) is 4.79 Å². The van der Waals surface area contributed by atoms with Gasteiger partial charge in [-0.3, -0.25) is 19.2 Å². The zero-order chi connectivity index (χ0) is 31.1. The minimum atomic E-state index is -0.981. The Hall–Kier alpha value is -5.64. The fraction of sp³-hybridized carbons (Fsp3) is 0.152. The van der Waals surface area contributed by atoms with Gasteiger partial charge in [-0.1, -0.05) is 0 Å². The normalized spacial score (nSPS) is 13.8. The molecular formula is C33H24O10. The van der Waals surface area contributed by atoms with E-state index in [0.717, 1.165) is 0 Å². The standard InChI is InChI=1S/C33H24O10/c1-12-6-17-23(19(34)7-12)30(37)26-18(29(17)36)11-21(43-5)27(32(26)39)22-15-8-13(2)28(35)33(40)25(15)31(38)24-16(22)9-14(41-3)10-20(24)42-4/h6-11,34,38-39H,1-5H3. The van der Waals surface area contributed by atoms with Crippen LogP contribution in [0, 0.1) is 6.92 Å². The molecular weight excluding hydrogens is 556 g/mol. The average molecular weight is 581 g/mol. The van der Waals surface area contributed by atoms with E-state index in [4.69, 9.17) is 14.2 Å². The van der Waals surface area contributed by atoms with Crippen LogP contribution in [0.4, 0.5) is 0 Å². The molecule has 43 heavy (non-hydrogen) atoms. The Bertz CT molecular complexity index is 2050. The molecule has 0 amide bonds. The van der Waals surface area contributed by atoms with Crippen molar-refractivity contribution >= 4 is 40.0 Å². The van der Waals surface area contributed by atoms with Crippen molar-refractivity contribution in [3.05, 3.63) is 74.8 Å². The molecule has 3 N–H and O–H groups in total. The molecule has 4 aromatic rings. The largest absolute Gasteiger partial charge is 0.507 e. The van der Waals surface area contributed by atoms with Gasteiger partial charge >= 0.3 is 0 Å². The Morgan fingerprint density at radius 1 is 0.581 bits per heavy atom. The maximum absolute atomic E-state index is 13.8. The van der Waals surface area contributed by atoms with Crippen molar-refractivity contribution in [3.8, 4) is 45.6 Å². The molecule has 0 aliphatic heterocycles. The number of methoxy groups -OCH3 is 3. The van der Waals surface area contributed by atoms with Gasteiger partial charge in [0, 0.05) is 33.7 Å². The lowest BCUT2D eigenvalue weighted by Crippen LogP contribution is -2.23. The molecule has 2 aliphatic carbocycles. The van der Waals surface area contributed by atoms with Crippen LogP contribution in [0.25, 0.3) is 28.0 Å². The third kappa shape index (κ3) is 3.66. The van der Waals surface area contributed by atoms with Crippen LogP contribution >= 0.6 is 0 Å². The maximum Gasteiger partial charge on any atom is 0.237 e. The van der Waals surface area contributed by atoms with Crippen molar-refractivity contribution in [2.24, 2.45) is 0 Å². The fourth-order valence-electron chi connectivity index (χ4n) is 5.96. The molecule has 10 nitrogen and oxygen atoms in total. The summed E-state index contributed by atoms with van der Waals surface area (Å²) in [5.74, 6) is -4.47. The number of carbonyl (C=O) groups excluding carboxylic acids is 4. The van der Waals surface area contributed by atoms with Gasteiger partial charge in [0.05, 0.1) is 49.0 Å². The van der Waals surface area contributed by atoms with Crippen LogP contribution in [0.3, 0.4) is 0 Å². The number of phenols is 3. The number of Topliss-reactive ketones (excluding diaryl/α,β-unsaturated/α-hetero) is 2. The third-order valence-electron chi connectivity index (χ3n) is 7.91. The van der Waals surface area contributed by atoms with Crippen molar-refractivity contribution < 1.29 is 48.7 Å². The fourth-order valence-corrected chi connectivity index (χ4v) is 5.96. The van der Waals surface area contributed by atoms with E-state index in [9.17, 15) is 34.5 Å². The van der Waals surface area contributed by atoms with Gasteiger partial charge in [-0.15, -0.1) is 0 Å². The number of aromatic hydroxyl groups is 3. The van der Waals surface area contributed by atoms with Gasteiger partial charge in [0.15, 0.2) is 5.78 Å². The van der Waals surface area contributed by atoms with Gasteiger partial charge in [-0.25, -0.2) is 0 Å². The highest BCUT2D eigenvalue weighted by Gasteiger charge is 2.40. The molecule has 0 spiro atoms. The second-order valence-electron chi connectivity index (χ2n) is 10.3. The smallest absolute Gasteiger partial charge is 0.237 e. The first kappa shape index (κ1) is 27.5. The lowest BCUT2D eigenvalue weighted by Gasteiger charge is -2.26. The highest BCUT2D eigenvalue weighted by molar-refractivity contribution is 6.53. The molecule has 2 aliphatic rings. The second kappa shape index (κ2) is 9.45. The predicted molar refractivity (Wildman–Crippen MR) is 155 cm³/mol. The summed E-state index contributed by atoms with van der Waals surface area (Å²) in [5, 5.41) is 34.2. The molecule has 0 fully saturated rings. The van der Waals surface area contributed by atoms with Crippen LogP contribution in [0.5, 0.6) is 34.5 Å². The van der Waals surface area contributed by atoms with E-state index in [-0.39, 0.29) is 72.4 Å². The van der Waals surface area contributed by atoms with Crippen molar-refractivity contribution in [2.75, 3.05) is 21.3 Å². The van der Waals surface area contributed by atoms with E-state index in [1.54, 1.807) is 6.92 Å². The van der Waals surface area contributed by atoms with E-state index < -0.39 is 40.4 Å². The van der Waals surface area contributed by atoms with Gasteiger partial charge in [0.2, 0.25) is 17.3 Å². The number of aryl methyl sites for hydroxylation is 1. The molecule has 10 heteroatoms. The SMILES string of the molecule is COc1cc(OC)c2c(O)c3c(c(-c4c(OC)cc5c(c4O)C(=O)c4c(O)cc(C)cc4C5=O)c2c1)C=C(C)C(=O)C3=O. The molecule has 0 aromatic heterocycles. The number of carbonyl (C=O) groups is 4. The molecule has 6 rings (SSSR count). The molecule has 4 aromatic carbocycles. The summed E-state index contributed by atoms with van der Waals surface area (Å²) < 4.78 is 16.6. The molecule has 0 bridgehead atoms. The van der Waals surface area contributed by atoms with E-state index in [0.29, 0.717) is 11.3 Å². The zero-order valence-corrected chi connectivity index (χ0v) is 23.7. The lowest BCUT2D eigenvalue weighted by molar-refractivity contribution is -0.111. The Morgan fingerprint density at radius 3 is 1.91 bits per heavy atom. The summed E-state index contributed by atoms with van der Waals surface area (Å²) in [6.07, 6.45) is 1.40. The van der Waals surface area contributed by atoms with Crippen molar-refractivity contribution in [2.45, 2.75) is 13.8 Å². The lowest BCUT2D eigenvalue weighted by atomic mass is 9.77. The first-order chi connectivity index (χ1) is 20.4. The van der Waals surface area contributed by atoms with Crippen molar-refractivity contribution in [3.63, 3.8) is 0 Å². The summed E-state index contributed by atoms with van der Waals surface area (Å²) in [5.41, 5.74) is -0.422. The number of hydrogen-bond acceptors (Lipinski definition) is 10. The highest BCUT2D eigenvalue weighted by Crippen LogP contribution is 2.54. The number of phenolic OH excluding ortho intramolecular Hbond substituents is 3. The van der Waals surface area contributed by atoms with Crippen LogP contribution in [-0.4, -0.2) is 59.8 Å². The zero-order valence-electron chi connectivity index (χ0n) is 23.7. The Balaban J connectivity index is 1.83. The van der Waals surface area contributed by atoms with Crippen LogP contribution in [0.2, 0.25) is 0 Å². The van der Waals surface area contributed by atoms with Crippen molar-refractivity contribution in [1.29, 1.82) is 0 Å². The quantitative estimate of drug-likeness (QED) is 0.250. The summed E-state index contributed by atoms with van der Waals surface area (Å²) >= 11 is 0. The number of hydrogen-bond donors (Lipinski definition) is 3. The summed E-state index contributed by atoms with van der Waals surface area (Å²) in [7, 11) is 4.06. The minimum Gasteiger partial charge on any atom is -0.507 e. The van der Waals surface area contributed by atoms with E-state index in [2.05, 4.69) is 0 Å². The first-order valence-electron chi connectivity index (χ1n) is 13.0. The Labute approximate surface area is 244 Å².